The Kier molecular flexibility index (Phi) is 65.1. The minimum Gasteiger partial charge on any atom is -2.00 e. The van der Waals surface area contributed by atoms with Gasteiger partial charge in [0, 0.05) is 26.2 Å². The Morgan fingerprint density at radius 2 is 0.724 bits per heavy atom. The topological polar surface area (TPSA) is 6.48 Å². The van der Waals surface area contributed by atoms with Crippen LogP contribution < -0.4 is 0 Å². The molecule has 2 nitrogen and oxygen atoms in total. The zero-order chi connectivity index (χ0) is 18.8. The average Bonchev–Trinajstić information content (AvgIpc) is 2.55. The number of thiol groups is 2. The SMILES string of the molecule is CCCCN(CCCC)C(=S)S.CCCCN(CCCC)C(=S)S.[S-2].[S-2].[Zn+2].[Zn+2].[Zn+2]. The Balaban J connectivity index is -0.0000000569. The van der Waals surface area contributed by atoms with Gasteiger partial charge in [-0.1, -0.05) is 77.8 Å². The molecular formula is C18H38N2S6Zn3+2. The molecule has 0 rings (SSSR count). The van der Waals surface area contributed by atoms with Gasteiger partial charge in [-0.3, -0.25) is 0 Å². The van der Waals surface area contributed by atoms with Gasteiger partial charge in [-0.25, -0.2) is 0 Å². The first-order chi connectivity index (χ1) is 11.4. The third-order valence-electron chi connectivity index (χ3n) is 3.67. The van der Waals surface area contributed by atoms with E-state index in [1.807, 2.05) is 0 Å². The van der Waals surface area contributed by atoms with Crippen LogP contribution in [0.25, 0.3) is 0 Å². The summed E-state index contributed by atoms with van der Waals surface area (Å²) in [7, 11) is 0. The van der Waals surface area contributed by atoms with Crippen molar-refractivity contribution in [1.29, 1.82) is 0 Å². The molecule has 0 amide bonds. The van der Waals surface area contributed by atoms with Crippen LogP contribution in [0.3, 0.4) is 0 Å². The van der Waals surface area contributed by atoms with Crippen molar-refractivity contribution in [3.63, 3.8) is 0 Å². The molecule has 160 valence electrons. The quantitative estimate of drug-likeness (QED) is 0.145. The van der Waals surface area contributed by atoms with E-state index in [1.54, 1.807) is 0 Å². The van der Waals surface area contributed by atoms with E-state index < -0.39 is 0 Å². The van der Waals surface area contributed by atoms with Crippen LogP contribution in [-0.2, 0) is 85.4 Å². The maximum Gasteiger partial charge on any atom is 2.00 e. The van der Waals surface area contributed by atoms with Gasteiger partial charge in [0.05, 0.1) is 0 Å². The second kappa shape index (κ2) is 38.3. The molecule has 0 radical (unpaired) electrons. The second-order valence-electron chi connectivity index (χ2n) is 5.95. The Bertz CT molecular complexity index is 284. The molecule has 0 aromatic rings. The van der Waals surface area contributed by atoms with Gasteiger partial charge in [-0.05, 0) is 25.7 Å². The molecule has 0 heterocycles. The maximum absolute atomic E-state index is 5.03. The first kappa shape index (κ1) is 49.2. The molecule has 0 atom stereocenters. The number of unbranched alkanes of at least 4 members (excludes halogenated alkanes) is 4. The minimum absolute atomic E-state index is 0. The second-order valence-corrected chi connectivity index (χ2v) is 8.18. The smallest absolute Gasteiger partial charge is 2.00 e. The summed E-state index contributed by atoms with van der Waals surface area (Å²) in [6.07, 6.45) is 9.74. The summed E-state index contributed by atoms with van der Waals surface area (Å²) in [4.78, 5) is 4.37. The van der Waals surface area contributed by atoms with E-state index in [2.05, 4.69) is 62.8 Å². The third kappa shape index (κ3) is 35.8. The van der Waals surface area contributed by atoms with E-state index in [4.69, 9.17) is 24.4 Å². The van der Waals surface area contributed by atoms with Crippen LogP contribution in [0.5, 0.6) is 0 Å². The molecule has 0 saturated heterocycles. The normalized spacial score (nSPS) is 8.21. The molecule has 11 heteroatoms. The van der Waals surface area contributed by atoms with Crippen LogP contribution >= 0.6 is 49.7 Å². The molecular weight excluding hydrogens is 633 g/mol. The number of hydrogen-bond acceptors (Lipinski definition) is 2. The van der Waals surface area contributed by atoms with Gasteiger partial charge in [0.25, 0.3) is 0 Å². The first-order valence-electron chi connectivity index (χ1n) is 9.40. The van der Waals surface area contributed by atoms with Gasteiger partial charge in [0.15, 0.2) is 0 Å². The zero-order valence-corrected chi connectivity index (χ0v) is 33.0. The van der Waals surface area contributed by atoms with Crippen molar-refractivity contribution in [3.05, 3.63) is 0 Å². The summed E-state index contributed by atoms with van der Waals surface area (Å²) >= 11 is 18.5. The van der Waals surface area contributed by atoms with Crippen molar-refractivity contribution in [2.45, 2.75) is 79.1 Å². The Morgan fingerprint density at radius 3 is 0.828 bits per heavy atom. The van der Waals surface area contributed by atoms with Crippen molar-refractivity contribution in [2.75, 3.05) is 26.2 Å². The summed E-state index contributed by atoms with van der Waals surface area (Å²) < 4.78 is 1.49. The number of hydrogen-bond donors (Lipinski definition) is 2. The van der Waals surface area contributed by atoms with Gasteiger partial charge in [0.2, 0.25) is 0 Å². The van der Waals surface area contributed by atoms with E-state index >= 15 is 0 Å². The molecule has 0 saturated carbocycles. The van der Waals surface area contributed by atoms with Crippen LogP contribution in [0, 0.1) is 0 Å². The molecule has 0 fully saturated rings. The first-order valence-corrected chi connectivity index (χ1v) is 11.1. The van der Waals surface area contributed by atoms with Gasteiger partial charge < -0.3 is 36.8 Å². The maximum atomic E-state index is 5.03. The monoisotopic (exact) mass is 666 g/mol. The van der Waals surface area contributed by atoms with E-state index in [1.165, 1.54) is 51.4 Å². The summed E-state index contributed by atoms with van der Waals surface area (Å²) in [5.74, 6) is 0. The summed E-state index contributed by atoms with van der Waals surface area (Å²) in [6, 6.07) is 0. The van der Waals surface area contributed by atoms with Crippen LogP contribution in [0.4, 0.5) is 0 Å². The molecule has 0 unspecified atom stereocenters. The van der Waals surface area contributed by atoms with Crippen molar-refractivity contribution in [2.24, 2.45) is 0 Å². The van der Waals surface area contributed by atoms with Gasteiger partial charge in [0.1, 0.15) is 8.64 Å². The van der Waals surface area contributed by atoms with Crippen molar-refractivity contribution >= 4 is 85.3 Å². The summed E-state index contributed by atoms with van der Waals surface area (Å²) in [5.41, 5.74) is 0. The van der Waals surface area contributed by atoms with E-state index in [0.717, 1.165) is 34.8 Å². The van der Waals surface area contributed by atoms with Gasteiger partial charge in [-0.15, -0.1) is 25.3 Å². The molecule has 0 bridgehead atoms. The molecule has 0 aromatic carbocycles. The Morgan fingerprint density at radius 1 is 0.552 bits per heavy atom. The molecule has 0 N–H and O–H groups in total. The number of nitrogens with zero attached hydrogens (tertiary/aromatic N) is 2. The molecule has 29 heavy (non-hydrogen) atoms. The molecule has 0 aliphatic rings. The third-order valence-corrected chi connectivity index (χ3v) is 4.75. The molecule has 0 aliphatic heterocycles. The average molecular weight is 671 g/mol. The summed E-state index contributed by atoms with van der Waals surface area (Å²) in [5, 5.41) is 0. The minimum atomic E-state index is 0. The Labute approximate surface area is 256 Å². The molecule has 0 spiro atoms. The molecule has 0 aliphatic carbocycles. The van der Waals surface area contributed by atoms with Crippen LogP contribution in [0.1, 0.15) is 79.1 Å². The van der Waals surface area contributed by atoms with E-state index in [9.17, 15) is 0 Å². The Hall–Kier alpha value is 3.05. The van der Waals surface area contributed by atoms with Crippen molar-refractivity contribution in [1.82, 2.24) is 9.80 Å². The molecule has 0 aromatic heterocycles. The standard InChI is InChI=1S/2C9H19NS2.2S.3Zn/c2*1-3-5-7-10(9(11)12)8-6-4-2;;;;;/h2*3-8H2,1-2H3,(H,11,12);;;;;/q;;2*-2;3*+2. The number of rotatable bonds is 12. The van der Waals surface area contributed by atoms with Crippen LogP contribution in [0.2, 0.25) is 0 Å². The number of thiocarbonyl (C=S) groups is 2. The van der Waals surface area contributed by atoms with Gasteiger partial charge in [-0.2, -0.15) is 0 Å². The summed E-state index contributed by atoms with van der Waals surface area (Å²) in [6.45, 7) is 13.0. The van der Waals surface area contributed by atoms with Crippen molar-refractivity contribution in [3.8, 4) is 0 Å². The fourth-order valence-corrected chi connectivity index (χ4v) is 2.77. The van der Waals surface area contributed by atoms with Crippen LogP contribution in [0.15, 0.2) is 0 Å². The fourth-order valence-electron chi connectivity index (χ4n) is 2.00. The predicted molar refractivity (Wildman–Crippen MR) is 141 cm³/mol. The zero-order valence-electron chi connectivity index (χ0n) is 19.0. The van der Waals surface area contributed by atoms with E-state index in [-0.39, 0.29) is 85.4 Å². The van der Waals surface area contributed by atoms with Crippen molar-refractivity contribution < 1.29 is 58.4 Å². The van der Waals surface area contributed by atoms with Gasteiger partial charge >= 0.3 is 58.4 Å². The van der Waals surface area contributed by atoms with E-state index in [0.29, 0.717) is 0 Å². The van der Waals surface area contributed by atoms with Crippen LogP contribution in [-0.4, -0.2) is 44.6 Å². The largest absolute Gasteiger partial charge is 2.00 e. The fraction of sp³-hybridized carbons (Fsp3) is 0.889. The predicted octanol–water partition coefficient (Wildman–Crippen LogP) is 6.19.